The molecule has 0 saturated heterocycles. The molecule has 1 rings (SSSR count). The summed E-state index contributed by atoms with van der Waals surface area (Å²) < 4.78 is 11.2. The van der Waals surface area contributed by atoms with Gasteiger partial charge < -0.3 is 19.7 Å². The standard InChI is InChI=1S/C16H27ClN2O2/c1-5-18-12-13-10-14(17)16(15(11-13)20-4)21-9-8-19(6-2)7-3/h10-11,18H,5-9,12H2,1-4H3. The van der Waals surface area contributed by atoms with Crippen LogP contribution in [0.15, 0.2) is 12.1 Å². The summed E-state index contributed by atoms with van der Waals surface area (Å²) in [5.41, 5.74) is 1.09. The second-order valence-electron chi connectivity index (χ2n) is 4.76. The highest BCUT2D eigenvalue weighted by molar-refractivity contribution is 6.32. The molecule has 5 heteroatoms. The lowest BCUT2D eigenvalue weighted by Gasteiger charge is -2.19. The van der Waals surface area contributed by atoms with Gasteiger partial charge in [0, 0.05) is 13.1 Å². The van der Waals surface area contributed by atoms with Gasteiger partial charge in [0.25, 0.3) is 0 Å². The van der Waals surface area contributed by atoms with Crippen LogP contribution in [-0.4, -0.2) is 44.8 Å². The topological polar surface area (TPSA) is 33.7 Å². The van der Waals surface area contributed by atoms with Crippen LogP contribution in [0.5, 0.6) is 11.5 Å². The van der Waals surface area contributed by atoms with E-state index in [0.717, 1.165) is 38.3 Å². The normalized spacial score (nSPS) is 11.0. The minimum Gasteiger partial charge on any atom is -0.493 e. The van der Waals surface area contributed by atoms with Gasteiger partial charge in [0.2, 0.25) is 0 Å². The minimum absolute atomic E-state index is 0.599. The molecular weight excluding hydrogens is 288 g/mol. The summed E-state index contributed by atoms with van der Waals surface area (Å²) in [4.78, 5) is 2.31. The Labute approximate surface area is 133 Å². The first-order valence-corrected chi connectivity index (χ1v) is 7.96. The highest BCUT2D eigenvalue weighted by Gasteiger charge is 2.12. The van der Waals surface area contributed by atoms with E-state index in [1.165, 1.54) is 0 Å². The van der Waals surface area contributed by atoms with Crippen molar-refractivity contribution in [1.29, 1.82) is 0 Å². The molecule has 0 aliphatic rings. The predicted octanol–water partition coefficient (Wildman–Crippen LogP) is 3.18. The molecule has 21 heavy (non-hydrogen) atoms. The van der Waals surface area contributed by atoms with Crippen LogP contribution >= 0.6 is 11.6 Å². The zero-order chi connectivity index (χ0) is 15.7. The second-order valence-corrected chi connectivity index (χ2v) is 5.17. The Hall–Kier alpha value is -0.970. The highest BCUT2D eigenvalue weighted by atomic mass is 35.5. The molecular formula is C16H27ClN2O2. The van der Waals surface area contributed by atoms with Crippen LogP contribution in [0, 0.1) is 0 Å². The molecule has 1 aromatic carbocycles. The summed E-state index contributed by atoms with van der Waals surface area (Å²) in [6.07, 6.45) is 0. The largest absolute Gasteiger partial charge is 0.493 e. The molecule has 0 atom stereocenters. The number of methoxy groups -OCH3 is 1. The van der Waals surface area contributed by atoms with Gasteiger partial charge in [-0.25, -0.2) is 0 Å². The molecule has 4 nitrogen and oxygen atoms in total. The van der Waals surface area contributed by atoms with Gasteiger partial charge in [0.05, 0.1) is 12.1 Å². The van der Waals surface area contributed by atoms with Crippen molar-refractivity contribution in [3.63, 3.8) is 0 Å². The number of likely N-dealkylation sites (N-methyl/N-ethyl adjacent to an activating group) is 1. The average molecular weight is 315 g/mol. The Kier molecular flexibility index (Phi) is 8.50. The van der Waals surface area contributed by atoms with Gasteiger partial charge in [-0.3, -0.25) is 0 Å². The molecule has 0 heterocycles. The van der Waals surface area contributed by atoms with Crippen LogP contribution in [0.1, 0.15) is 26.3 Å². The molecule has 0 bridgehead atoms. The maximum atomic E-state index is 6.33. The first-order valence-electron chi connectivity index (χ1n) is 7.58. The molecule has 0 aliphatic heterocycles. The first-order chi connectivity index (χ1) is 10.2. The zero-order valence-corrected chi connectivity index (χ0v) is 14.3. The van der Waals surface area contributed by atoms with Gasteiger partial charge in [-0.2, -0.15) is 0 Å². The summed E-state index contributed by atoms with van der Waals surface area (Å²) in [5, 5.41) is 3.87. The molecule has 0 amide bonds. The number of halogens is 1. The van der Waals surface area contributed by atoms with Crippen LogP contribution in [0.2, 0.25) is 5.02 Å². The Morgan fingerprint density at radius 2 is 1.90 bits per heavy atom. The number of hydrogen-bond acceptors (Lipinski definition) is 4. The summed E-state index contributed by atoms with van der Waals surface area (Å²) in [6.45, 7) is 11.6. The van der Waals surface area contributed by atoms with Crippen molar-refractivity contribution in [3.05, 3.63) is 22.7 Å². The van der Waals surface area contributed by atoms with Crippen molar-refractivity contribution in [2.24, 2.45) is 0 Å². The molecule has 0 unspecified atom stereocenters. The Balaban J connectivity index is 2.72. The van der Waals surface area contributed by atoms with Gasteiger partial charge >= 0.3 is 0 Å². The van der Waals surface area contributed by atoms with E-state index < -0.39 is 0 Å². The van der Waals surface area contributed by atoms with E-state index in [0.29, 0.717) is 23.1 Å². The van der Waals surface area contributed by atoms with Crippen molar-refractivity contribution in [2.45, 2.75) is 27.3 Å². The molecule has 0 saturated carbocycles. The van der Waals surface area contributed by atoms with Gasteiger partial charge in [-0.15, -0.1) is 0 Å². The molecule has 0 aromatic heterocycles. The lowest BCUT2D eigenvalue weighted by Crippen LogP contribution is -2.28. The van der Waals surface area contributed by atoms with E-state index >= 15 is 0 Å². The molecule has 0 spiro atoms. The van der Waals surface area contributed by atoms with E-state index in [4.69, 9.17) is 21.1 Å². The number of hydrogen-bond donors (Lipinski definition) is 1. The molecule has 0 radical (unpaired) electrons. The van der Waals surface area contributed by atoms with E-state index in [9.17, 15) is 0 Å². The molecule has 120 valence electrons. The van der Waals surface area contributed by atoms with Crippen LogP contribution in [0.3, 0.4) is 0 Å². The molecule has 1 aromatic rings. The van der Waals surface area contributed by atoms with Gasteiger partial charge in [-0.05, 0) is 37.3 Å². The van der Waals surface area contributed by atoms with Crippen LogP contribution in [-0.2, 0) is 6.54 Å². The number of ether oxygens (including phenoxy) is 2. The first kappa shape index (κ1) is 18.1. The zero-order valence-electron chi connectivity index (χ0n) is 13.5. The monoisotopic (exact) mass is 314 g/mol. The number of nitrogens with one attached hydrogen (secondary N) is 1. The smallest absolute Gasteiger partial charge is 0.179 e. The van der Waals surface area contributed by atoms with E-state index in [2.05, 4.69) is 31.0 Å². The quantitative estimate of drug-likeness (QED) is 0.719. The molecule has 0 fully saturated rings. The second kappa shape index (κ2) is 9.87. The van der Waals surface area contributed by atoms with Crippen molar-refractivity contribution < 1.29 is 9.47 Å². The summed E-state index contributed by atoms with van der Waals surface area (Å²) in [6, 6.07) is 3.90. The predicted molar refractivity (Wildman–Crippen MR) is 88.7 cm³/mol. The van der Waals surface area contributed by atoms with E-state index in [1.807, 2.05) is 12.1 Å². The fourth-order valence-corrected chi connectivity index (χ4v) is 2.39. The Morgan fingerprint density at radius 3 is 2.48 bits per heavy atom. The van der Waals surface area contributed by atoms with Crippen molar-refractivity contribution in [1.82, 2.24) is 10.2 Å². The van der Waals surface area contributed by atoms with Crippen LogP contribution < -0.4 is 14.8 Å². The number of nitrogens with zero attached hydrogens (tertiary/aromatic N) is 1. The lowest BCUT2D eigenvalue weighted by atomic mass is 10.2. The third kappa shape index (κ3) is 5.73. The maximum Gasteiger partial charge on any atom is 0.179 e. The van der Waals surface area contributed by atoms with Crippen LogP contribution in [0.25, 0.3) is 0 Å². The number of benzene rings is 1. The fraction of sp³-hybridized carbons (Fsp3) is 0.625. The summed E-state index contributed by atoms with van der Waals surface area (Å²) in [5.74, 6) is 1.32. The van der Waals surface area contributed by atoms with E-state index in [-0.39, 0.29) is 0 Å². The Bertz CT molecular complexity index is 423. The molecule has 1 N–H and O–H groups in total. The SMILES string of the molecule is CCNCc1cc(Cl)c(OCCN(CC)CC)c(OC)c1. The average Bonchev–Trinajstić information content (AvgIpc) is 2.50. The van der Waals surface area contributed by atoms with Gasteiger partial charge in [0.1, 0.15) is 6.61 Å². The number of rotatable bonds is 10. The van der Waals surface area contributed by atoms with Crippen molar-refractivity contribution in [3.8, 4) is 11.5 Å². The van der Waals surface area contributed by atoms with Gasteiger partial charge in [-0.1, -0.05) is 32.4 Å². The summed E-state index contributed by atoms with van der Waals surface area (Å²) >= 11 is 6.33. The lowest BCUT2D eigenvalue weighted by molar-refractivity contribution is 0.217. The van der Waals surface area contributed by atoms with Crippen molar-refractivity contribution >= 4 is 11.6 Å². The van der Waals surface area contributed by atoms with Crippen molar-refractivity contribution in [2.75, 3.05) is 39.9 Å². The van der Waals surface area contributed by atoms with Crippen LogP contribution in [0.4, 0.5) is 0 Å². The van der Waals surface area contributed by atoms with E-state index in [1.54, 1.807) is 7.11 Å². The minimum atomic E-state index is 0.599. The third-order valence-corrected chi connectivity index (χ3v) is 3.70. The Morgan fingerprint density at radius 1 is 1.19 bits per heavy atom. The summed E-state index contributed by atoms with van der Waals surface area (Å²) in [7, 11) is 1.64. The molecule has 0 aliphatic carbocycles. The third-order valence-electron chi connectivity index (χ3n) is 3.42. The fourth-order valence-electron chi connectivity index (χ4n) is 2.10. The van der Waals surface area contributed by atoms with Gasteiger partial charge in [0.15, 0.2) is 11.5 Å². The highest BCUT2D eigenvalue weighted by Crippen LogP contribution is 2.36. The maximum absolute atomic E-state index is 6.33.